The largest absolute Gasteiger partial charge is 0.445 e. The number of nitrogens with two attached hydrogens (primary N) is 1. The van der Waals surface area contributed by atoms with E-state index in [1.165, 1.54) is 0 Å². The summed E-state index contributed by atoms with van der Waals surface area (Å²) in [5.74, 6) is -0.213. The molecule has 3 rings (SSSR count). The van der Waals surface area contributed by atoms with Gasteiger partial charge in [-0.25, -0.2) is 4.79 Å². The molecular formula is C25H31N3O4. The van der Waals surface area contributed by atoms with Crippen LogP contribution < -0.4 is 11.1 Å². The van der Waals surface area contributed by atoms with E-state index in [-0.39, 0.29) is 24.3 Å². The van der Waals surface area contributed by atoms with Crippen molar-refractivity contribution < 1.29 is 19.1 Å². The molecule has 2 aromatic carbocycles. The molecule has 0 spiro atoms. The topological polar surface area (TPSA) is 102 Å². The van der Waals surface area contributed by atoms with Gasteiger partial charge < -0.3 is 20.7 Å². The Morgan fingerprint density at radius 3 is 2.34 bits per heavy atom. The van der Waals surface area contributed by atoms with Crippen LogP contribution in [-0.2, 0) is 27.4 Å². The van der Waals surface area contributed by atoms with Crippen LogP contribution in [0.5, 0.6) is 0 Å². The number of carbonyl (C=O) groups is 3. The zero-order valence-corrected chi connectivity index (χ0v) is 18.2. The molecule has 2 aromatic rings. The lowest BCUT2D eigenvalue weighted by atomic mass is 9.92. The van der Waals surface area contributed by atoms with Crippen molar-refractivity contribution in [1.29, 1.82) is 0 Å². The number of amides is 3. The van der Waals surface area contributed by atoms with E-state index in [2.05, 4.69) is 5.32 Å². The van der Waals surface area contributed by atoms with E-state index in [4.69, 9.17) is 10.5 Å². The molecule has 1 aliphatic rings. The van der Waals surface area contributed by atoms with Gasteiger partial charge in [-0.1, -0.05) is 60.7 Å². The first-order valence-corrected chi connectivity index (χ1v) is 11.1. The highest BCUT2D eigenvalue weighted by Crippen LogP contribution is 2.22. The number of primary amides is 1. The number of nitrogens with zero attached hydrogens (tertiary/aromatic N) is 1. The van der Waals surface area contributed by atoms with Crippen LogP contribution in [0, 0.1) is 5.92 Å². The third kappa shape index (κ3) is 7.41. The molecule has 2 atom stereocenters. The Hall–Kier alpha value is -3.35. The summed E-state index contributed by atoms with van der Waals surface area (Å²) in [4.78, 5) is 38.8. The van der Waals surface area contributed by atoms with E-state index in [1.807, 2.05) is 60.7 Å². The molecule has 1 aliphatic heterocycles. The number of ether oxygens (including phenoxy) is 1. The standard InChI is InChI=1S/C25H31N3O4/c26-23(29)14-13-20-12-7-15-28(17-20)24(30)22(16-19-8-3-1-4-9-19)27-25(31)32-18-21-10-5-2-6-11-21/h1-6,8-11,20,22H,7,12-18H2,(H2,26,29)(H,27,31). The molecule has 0 radical (unpaired) electrons. The Balaban J connectivity index is 1.64. The Morgan fingerprint density at radius 1 is 1.03 bits per heavy atom. The van der Waals surface area contributed by atoms with Crippen LogP contribution in [0.1, 0.15) is 36.8 Å². The molecule has 0 aliphatic carbocycles. The molecule has 32 heavy (non-hydrogen) atoms. The number of carbonyl (C=O) groups excluding carboxylic acids is 3. The van der Waals surface area contributed by atoms with Gasteiger partial charge in [0.1, 0.15) is 12.6 Å². The highest BCUT2D eigenvalue weighted by atomic mass is 16.5. The summed E-state index contributed by atoms with van der Waals surface area (Å²) in [7, 11) is 0. The molecule has 170 valence electrons. The first kappa shape index (κ1) is 23.3. The summed E-state index contributed by atoms with van der Waals surface area (Å²) in [5.41, 5.74) is 7.11. The summed E-state index contributed by atoms with van der Waals surface area (Å²) in [6.45, 7) is 1.34. The summed E-state index contributed by atoms with van der Waals surface area (Å²) in [5, 5.41) is 2.77. The fourth-order valence-corrected chi connectivity index (χ4v) is 4.02. The summed E-state index contributed by atoms with van der Waals surface area (Å²) in [6.07, 6.45) is 2.59. The van der Waals surface area contributed by atoms with E-state index >= 15 is 0 Å². The van der Waals surface area contributed by atoms with Crippen LogP contribution in [0.2, 0.25) is 0 Å². The van der Waals surface area contributed by atoms with Gasteiger partial charge in [0.15, 0.2) is 0 Å². The van der Waals surface area contributed by atoms with Crippen molar-refractivity contribution >= 4 is 17.9 Å². The first-order chi connectivity index (χ1) is 15.5. The van der Waals surface area contributed by atoms with E-state index in [9.17, 15) is 14.4 Å². The van der Waals surface area contributed by atoms with Crippen LogP contribution in [0.3, 0.4) is 0 Å². The van der Waals surface area contributed by atoms with Gasteiger partial charge in [0.25, 0.3) is 0 Å². The lowest BCUT2D eigenvalue weighted by molar-refractivity contribution is -0.135. The van der Waals surface area contributed by atoms with Gasteiger partial charge in [-0.15, -0.1) is 0 Å². The van der Waals surface area contributed by atoms with Gasteiger partial charge in [0.05, 0.1) is 0 Å². The van der Waals surface area contributed by atoms with E-state index in [0.29, 0.717) is 32.4 Å². The average molecular weight is 438 g/mol. The number of hydrogen-bond acceptors (Lipinski definition) is 4. The van der Waals surface area contributed by atoms with Crippen LogP contribution in [-0.4, -0.2) is 41.9 Å². The molecule has 1 fully saturated rings. The number of piperidine rings is 1. The quantitative estimate of drug-likeness (QED) is 0.629. The fourth-order valence-electron chi connectivity index (χ4n) is 4.02. The molecule has 7 nitrogen and oxygen atoms in total. The molecule has 1 heterocycles. The third-order valence-corrected chi connectivity index (χ3v) is 5.72. The third-order valence-electron chi connectivity index (χ3n) is 5.72. The van der Waals surface area contributed by atoms with Gasteiger partial charge in [-0.2, -0.15) is 0 Å². The van der Waals surface area contributed by atoms with E-state index < -0.39 is 12.1 Å². The van der Waals surface area contributed by atoms with Crippen LogP contribution in [0.4, 0.5) is 4.79 Å². The Morgan fingerprint density at radius 2 is 1.69 bits per heavy atom. The van der Waals surface area contributed by atoms with Crippen molar-refractivity contribution in [2.75, 3.05) is 13.1 Å². The summed E-state index contributed by atoms with van der Waals surface area (Å²) < 4.78 is 5.35. The predicted molar refractivity (Wildman–Crippen MR) is 121 cm³/mol. The zero-order valence-electron chi connectivity index (χ0n) is 18.2. The number of likely N-dealkylation sites (tertiary alicyclic amines) is 1. The smallest absolute Gasteiger partial charge is 0.408 e. The molecule has 0 bridgehead atoms. The molecule has 2 unspecified atom stereocenters. The maximum atomic E-state index is 13.4. The maximum absolute atomic E-state index is 13.4. The van der Waals surface area contributed by atoms with Crippen molar-refractivity contribution in [3.63, 3.8) is 0 Å². The second kappa shape index (κ2) is 11.9. The van der Waals surface area contributed by atoms with Gasteiger partial charge in [-0.3, -0.25) is 9.59 Å². The second-order valence-electron chi connectivity index (χ2n) is 8.25. The number of nitrogens with one attached hydrogen (secondary N) is 1. The van der Waals surface area contributed by atoms with E-state index in [0.717, 1.165) is 24.0 Å². The molecular weight excluding hydrogens is 406 g/mol. The minimum absolute atomic E-state index is 0.130. The van der Waals surface area contributed by atoms with Gasteiger partial charge in [-0.05, 0) is 36.3 Å². The monoisotopic (exact) mass is 437 g/mol. The summed E-state index contributed by atoms with van der Waals surface area (Å²) in [6, 6.07) is 18.3. The fraction of sp³-hybridized carbons (Fsp3) is 0.400. The number of benzene rings is 2. The highest BCUT2D eigenvalue weighted by Gasteiger charge is 2.30. The minimum Gasteiger partial charge on any atom is -0.445 e. The van der Waals surface area contributed by atoms with Crippen molar-refractivity contribution in [2.45, 2.75) is 44.8 Å². The first-order valence-electron chi connectivity index (χ1n) is 11.1. The van der Waals surface area contributed by atoms with Crippen LogP contribution >= 0.6 is 0 Å². The van der Waals surface area contributed by atoms with Crippen LogP contribution in [0.25, 0.3) is 0 Å². The molecule has 3 amide bonds. The Kier molecular flexibility index (Phi) is 8.66. The Bertz CT molecular complexity index is 889. The maximum Gasteiger partial charge on any atom is 0.408 e. The zero-order chi connectivity index (χ0) is 22.8. The van der Waals surface area contributed by atoms with Crippen LogP contribution in [0.15, 0.2) is 60.7 Å². The SMILES string of the molecule is NC(=O)CCC1CCCN(C(=O)C(Cc2ccccc2)NC(=O)OCc2ccccc2)C1. The lowest BCUT2D eigenvalue weighted by Gasteiger charge is -2.35. The molecule has 1 saturated heterocycles. The Labute approximate surface area is 188 Å². The molecule has 0 aromatic heterocycles. The van der Waals surface area contributed by atoms with Crippen molar-refractivity contribution in [1.82, 2.24) is 10.2 Å². The molecule has 0 saturated carbocycles. The number of alkyl carbamates (subject to hydrolysis) is 1. The number of hydrogen-bond donors (Lipinski definition) is 2. The average Bonchev–Trinajstić information content (AvgIpc) is 2.82. The predicted octanol–water partition coefficient (Wildman–Crippen LogP) is 3.03. The normalized spacial score (nSPS) is 16.8. The van der Waals surface area contributed by atoms with Gasteiger partial charge in [0, 0.05) is 25.9 Å². The van der Waals surface area contributed by atoms with Gasteiger partial charge >= 0.3 is 6.09 Å². The van der Waals surface area contributed by atoms with Crippen molar-refractivity contribution in [3.05, 3.63) is 71.8 Å². The molecule has 3 N–H and O–H groups in total. The van der Waals surface area contributed by atoms with Gasteiger partial charge in [0.2, 0.25) is 11.8 Å². The highest BCUT2D eigenvalue weighted by molar-refractivity contribution is 5.86. The second-order valence-corrected chi connectivity index (χ2v) is 8.25. The van der Waals surface area contributed by atoms with Crippen molar-refractivity contribution in [2.24, 2.45) is 11.7 Å². The molecule has 7 heteroatoms. The minimum atomic E-state index is -0.726. The van der Waals surface area contributed by atoms with Crippen molar-refractivity contribution in [3.8, 4) is 0 Å². The van der Waals surface area contributed by atoms with E-state index in [1.54, 1.807) is 4.90 Å². The number of rotatable bonds is 9. The lowest BCUT2D eigenvalue weighted by Crippen LogP contribution is -2.52. The summed E-state index contributed by atoms with van der Waals surface area (Å²) >= 11 is 0.